The highest BCUT2D eigenvalue weighted by Gasteiger charge is 2.30. The molecule has 182 valence electrons. The molecule has 2 aromatic carbocycles. The van der Waals surface area contributed by atoms with Crippen molar-refractivity contribution in [3.63, 3.8) is 0 Å². The molecule has 2 aromatic rings. The molecule has 4 rings (SSSR count). The maximum Gasteiger partial charge on any atom is 0.162 e. The van der Waals surface area contributed by atoms with Gasteiger partial charge < -0.3 is 0 Å². The molecule has 0 bridgehead atoms. The average Bonchev–Trinajstić information content (AvgIpc) is 3.43. The quantitative estimate of drug-likeness (QED) is 0.356. The minimum atomic E-state index is -0.170. The smallest absolute Gasteiger partial charge is 0.162 e. The van der Waals surface area contributed by atoms with Crippen LogP contribution in [0.1, 0.15) is 87.6 Å². The van der Waals surface area contributed by atoms with Crippen LogP contribution in [-0.4, -0.2) is 11.6 Å². The molecule has 0 aliphatic heterocycles. The van der Waals surface area contributed by atoms with Crippen LogP contribution in [0.4, 0.5) is 0 Å². The molecule has 2 aliphatic rings. The van der Waals surface area contributed by atoms with Gasteiger partial charge in [-0.2, -0.15) is 0 Å². The summed E-state index contributed by atoms with van der Waals surface area (Å²) in [6.45, 7) is 10.6. The number of hydrogen-bond acceptors (Lipinski definition) is 2. The van der Waals surface area contributed by atoms with Crippen LogP contribution in [0.25, 0.3) is 11.1 Å². The van der Waals surface area contributed by atoms with Gasteiger partial charge >= 0.3 is 0 Å². The number of carbonyl (C=O) groups excluding carboxylic acids is 2. The van der Waals surface area contributed by atoms with Crippen LogP contribution >= 0.6 is 0 Å². The zero-order valence-corrected chi connectivity index (χ0v) is 21.9. The Morgan fingerprint density at radius 1 is 1.06 bits per heavy atom. The molecule has 0 fully saturated rings. The molecular weight excluding hydrogens is 428 g/mol. The molecular formula is C33H38O2. The van der Waals surface area contributed by atoms with Gasteiger partial charge in [-0.05, 0) is 76.6 Å². The summed E-state index contributed by atoms with van der Waals surface area (Å²) in [5.74, 6) is 1.18. The van der Waals surface area contributed by atoms with Gasteiger partial charge in [-0.3, -0.25) is 9.59 Å². The van der Waals surface area contributed by atoms with E-state index >= 15 is 0 Å². The summed E-state index contributed by atoms with van der Waals surface area (Å²) in [5, 5.41) is 0. The van der Waals surface area contributed by atoms with Crippen LogP contribution in [-0.2, 0) is 22.4 Å². The molecule has 0 heterocycles. The number of allylic oxidation sites excluding steroid dienone is 6. The van der Waals surface area contributed by atoms with E-state index in [1.165, 1.54) is 33.4 Å². The van der Waals surface area contributed by atoms with Crippen molar-refractivity contribution in [3.8, 4) is 0 Å². The summed E-state index contributed by atoms with van der Waals surface area (Å²) >= 11 is 0. The van der Waals surface area contributed by atoms with Crippen LogP contribution < -0.4 is 0 Å². The van der Waals surface area contributed by atoms with Crippen molar-refractivity contribution < 1.29 is 9.59 Å². The van der Waals surface area contributed by atoms with Gasteiger partial charge in [0.2, 0.25) is 0 Å². The van der Waals surface area contributed by atoms with Crippen LogP contribution in [0, 0.1) is 11.8 Å². The monoisotopic (exact) mass is 466 g/mol. The third-order valence-electron chi connectivity index (χ3n) is 7.80. The standard InChI is InChI=1S/C33H38O2/c1-6-29(34)17-16-28(18-24-10-12-25(13-11-24)21(2)3)33(35)32-20-27-15-14-26(19-31(27)23(32)5)30-9-7-8-22(30)4/h7-15,19,21-22,28H,6,16-18,20H2,1-5H3. The zero-order chi connectivity index (χ0) is 25.1. The fourth-order valence-corrected chi connectivity index (χ4v) is 5.36. The van der Waals surface area contributed by atoms with E-state index in [-0.39, 0.29) is 17.5 Å². The maximum absolute atomic E-state index is 13.9. The van der Waals surface area contributed by atoms with E-state index in [2.05, 4.69) is 88.4 Å². The molecule has 2 heteroatoms. The molecule has 2 aliphatic carbocycles. The third kappa shape index (κ3) is 5.48. The van der Waals surface area contributed by atoms with Crippen molar-refractivity contribution in [1.82, 2.24) is 0 Å². The lowest BCUT2D eigenvalue weighted by Gasteiger charge is -2.18. The summed E-state index contributed by atoms with van der Waals surface area (Å²) in [6, 6.07) is 15.3. The van der Waals surface area contributed by atoms with Gasteiger partial charge in [0.25, 0.3) is 0 Å². The van der Waals surface area contributed by atoms with E-state index < -0.39 is 0 Å². The van der Waals surface area contributed by atoms with Crippen LogP contribution in [0.3, 0.4) is 0 Å². The number of Topliss-reactive ketones (excluding diaryl/α,β-unsaturated/α-hetero) is 2. The summed E-state index contributed by atoms with van der Waals surface area (Å²) in [4.78, 5) is 26.0. The Hall–Kier alpha value is -3.00. The van der Waals surface area contributed by atoms with Crippen molar-refractivity contribution in [2.24, 2.45) is 11.8 Å². The first-order valence-corrected chi connectivity index (χ1v) is 13.1. The molecule has 0 saturated carbocycles. The van der Waals surface area contributed by atoms with Gasteiger partial charge in [-0.25, -0.2) is 0 Å². The Bertz CT molecular complexity index is 1200. The van der Waals surface area contributed by atoms with Gasteiger partial charge in [-0.1, -0.05) is 82.3 Å². The van der Waals surface area contributed by atoms with Crippen molar-refractivity contribution in [2.75, 3.05) is 0 Å². The van der Waals surface area contributed by atoms with Gasteiger partial charge in [-0.15, -0.1) is 0 Å². The highest BCUT2D eigenvalue weighted by Crippen LogP contribution is 2.38. The fraction of sp³-hybridized carbons (Fsp3) is 0.394. The SMILES string of the molecule is CCC(=O)CCC(Cc1ccc(C(C)C)cc1)C(=O)C1=C(C)c2cc(C3=CC=CC3C)ccc2C1. The summed E-state index contributed by atoms with van der Waals surface area (Å²) < 4.78 is 0. The van der Waals surface area contributed by atoms with E-state index in [1.54, 1.807) is 0 Å². The number of carbonyl (C=O) groups is 2. The number of ketones is 2. The van der Waals surface area contributed by atoms with Crippen molar-refractivity contribution >= 4 is 22.7 Å². The first-order chi connectivity index (χ1) is 16.8. The van der Waals surface area contributed by atoms with E-state index in [0.717, 1.165) is 11.1 Å². The Balaban J connectivity index is 1.59. The molecule has 0 radical (unpaired) electrons. The second-order valence-corrected chi connectivity index (χ2v) is 10.5. The molecule has 0 amide bonds. The number of benzene rings is 2. The van der Waals surface area contributed by atoms with Crippen LogP contribution in [0.15, 0.2) is 66.3 Å². The maximum atomic E-state index is 13.9. The number of hydrogen-bond donors (Lipinski definition) is 0. The Labute approximate surface area is 210 Å². The minimum absolute atomic E-state index is 0.170. The Kier molecular flexibility index (Phi) is 7.69. The first-order valence-electron chi connectivity index (χ1n) is 13.1. The summed E-state index contributed by atoms with van der Waals surface area (Å²) in [5.41, 5.74) is 9.52. The van der Waals surface area contributed by atoms with E-state index in [4.69, 9.17) is 0 Å². The molecule has 2 unspecified atom stereocenters. The summed E-state index contributed by atoms with van der Waals surface area (Å²) in [7, 11) is 0. The average molecular weight is 467 g/mol. The number of rotatable bonds is 10. The predicted octanol–water partition coefficient (Wildman–Crippen LogP) is 7.92. The highest BCUT2D eigenvalue weighted by atomic mass is 16.1. The largest absolute Gasteiger partial charge is 0.300 e. The second kappa shape index (κ2) is 10.7. The normalized spacial score (nSPS) is 17.7. The summed E-state index contributed by atoms with van der Waals surface area (Å²) in [6.07, 6.45) is 9.53. The van der Waals surface area contributed by atoms with Crippen molar-refractivity contribution in [1.29, 1.82) is 0 Å². The fourth-order valence-electron chi connectivity index (χ4n) is 5.36. The minimum Gasteiger partial charge on any atom is -0.300 e. The van der Waals surface area contributed by atoms with Gasteiger partial charge in [0, 0.05) is 30.8 Å². The molecule has 0 aromatic heterocycles. The molecule has 0 spiro atoms. The molecule has 2 atom stereocenters. The van der Waals surface area contributed by atoms with Gasteiger partial charge in [0.05, 0.1) is 0 Å². The molecule has 0 saturated heterocycles. The third-order valence-corrected chi connectivity index (χ3v) is 7.80. The highest BCUT2D eigenvalue weighted by molar-refractivity contribution is 6.06. The molecule has 35 heavy (non-hydrogen) atoms. The Morgan fingerprint density at radius 2 is 1.80 bits per heavy atom. The van der Waals surface area contributed by atoms with Crippen LogP contribution in [0.5, 0.6) is 0 Å². The first kappa shape index (κ1) is 25.1. The lowest BCUT2D eigenvalue weighted by Crippen LogP contribution is -2.21. The predicted molar refractivity (Wildman–Crippen MR) is 146 cm³/mol. The van der Waals surface area contributed by atoms with Crippen LogP contribution in [0.2, 0.25) is 0 Å². The van der Waals surface area contributed by atoms with Crippen molar-refractivity contribution in [3.05, 3.63) is 94.1 Å². The lowest BCUT2D eigenvalue weighted by atomic mass is 9.85. The zero-order valence-electron chi connectivity index (χ0n) is 21.9. The van der Waals surface area contributed by atoms with Gasteiger partial charge in [0.1, 0.15) is 5.78 Å². The molecule has 2 nitrogen and oxygen atoms in total. The second-order valence-electron chi connectivity index (χ2n) is 10.5. The Morgan fingerprint density at radius 3 is 2.43 bits per heavy atom. The lowest BCUT2D eigenvalue weighted by molar-refractivity contribution is -0.121. The van der Waals surface area contributed by atoms with E-state index in [0.29, 0.717) is 43.9 Å². The topological polar surface area (TPSA) is 34.1 Å². The molecule has 0 N–H and O–H groups in total. The van der Waals surface area contributed by atoms with Gasteiger partial charge in [0.15, 0.2) is 5.78 Å². The van der Waals surface area contributed by atoms with Crippen molar-refractivity contribution in [2.45, 2.75) is 72.6 Å². The van der Waals surface area contributed by atoms with E-state index in [9.17, 15) is 9.59 Å². The number of fused-ring (bicyclic) bond motifs is 1. The van der Waals surface area contributed by atoms with E-state index in [1.807, 2.05) is 6.92 Å².